The van der Waals surface area contributed by atoms with Gasteiger partial charge in [0, 0.05) is 12.0 Å². The lowest BCUT2D eigenvalue weighted by Crippen LogP contribution is -2.04. The zero-order valence-electron chi connectivity index (χ0n) is 5.03. The van der Waals surface area contributed by atoms with Crippen LogP contribution in [0.25, 0.3) is 10.4 Å². The zero-order valence-corrected chi connectivity index (χ0v) is 5.03. The highest BCUT2D eigenvalue weighted by atomic mass is 16.5. The predicted molar refractivity (Wildman–Crippen MR) is 30.5 cm³/mol. The molecule has 46 valence electrons. The molecule has 8 heavy (non-hydrogen) atoms. The Bertz CT molecular complexity index is 97.5. The van der Waals surface area contributed by atoms with Crippen LogP contribution in [0, 0.1) is 0 Å². The molecule has 4 heteroatoms. The molecule has 0 heterocycles. The van der Waals surface area contributed by atoms with E-state index in [1.54, 1.807) is 14.0 Å². The van der Waals surface area contributed by atoms with Gasteiger partial charge in [0.25, 0.3) is 0 Å². The van der Waals surface area contributed by atoms with Crippen LogP contribution in [0.1, 0.15) is 6.92 Å². The minimum Gasteiger partial charge on any atom is -0.384 e. The third-order valence-corrected chi connectivity index (χ3v) is 0.657. The Morgan fingerprint density at radius 3 is 2.88 bits per heavy atom. The molecule has 0 saturated heterocycles. The summed E-state index contributed by atoms with van der Waals surface area (Å²) in [4.78, 5) is 2.60. The van der Waals surface area contributed by atoms with E-state index in [0.717, 1.165) is 0 Å². The Morgan fingerprint density at radius 1 is 1.88 bits per heavy atom. The zero-order chi connectivity index (χ0) is 6.41. The summed E-state index contributed by atoms with van der Waals surface area (Å²) < 4.78 is 4.69. The van der Waals surface area contributed by atoms with E-state index in [-0.39, 0.29) is 6.04 Å². The van der Waals surface area contributed by atoms with Crippen molar-refractivity contribution < 1.29 is 4.74 Å². The van der Waals surface area contributed by atoms with Gasteiger partial charge in [-0.3, -0.25) is 0 Å². The van der Waals surface area contributed by atoms with Crippen LogP contribution in [0.4, 0.5) is 0 Å². The van der Waals surface area contributed by atoms with Crippen molar-refractivity contribution in [3.8, 4) is 0 Å². The van der Waals surface area contributed by atoms with E-state index in [4.69, 9.17) is 10.3 Å². The van der Waals surface area contributed by atoms with Crippen LogP contribution in [0.3, 0.4) is 0 Å². The standard InChI is InChI=1S/C4H9N3O/c1-4(3-8-2)6-7-5/h4H,3H2,1-2H3/t4-/m0/s1. The molecular weight excluding hydrogens is 106 g/mol. The van der Waals surface area contributed by atoms with Crippen LogP contribution in [-0.4, -0.2) is 19.8 Å². The quantitative estimate of drug-likeness (QED) is 0.311. The number of methoxy groups -OCH3 is 1. The second kappa shape index (κ2) is 4.43. The molecule has 0 unspecified atom stereocenters. The Hall–Kier alpha value is -0.730. The van der Waals surface area contributed by atoms with Gasteiger partial charge in [-0.25, -0.2) is 0 Å². The van der Waals surface area contributed by atoms with Gasteiger partial charge in [-0.15, -0.1) is 0 Å². The van der Waals surface area contributed by atoms with Crippen molar-refractivity contribution in [2.45, 2.75) is 13.0 Å². The van der Waals surface area contributed by atoms with Gasteiger partial charge in [0.1, 0.15) is 0 Å². The first-order valence-electron chi connectivity index (χ1n) is 2.34. The van der Waals surface area contributed by atoms with Crippen LogP contribution in [0.2, 0.25) is 0 Å². The Balaban J connectivity index is 3.31. The van der Waals surface area contributed by atoms with E-state index >= 15 is 0 Å². The highest BCUT2D eigenvalue weighted by Crippen LogP contribution is 1.87. The molecule has 0 spiro atoms. The van der Waals surface area contributed by atoms with Crippen molar-refractivity contribution in [3.05, 3.63) is 10.4 Å². The average molecular weight is 115 g/mol. The molecule has 0 rings (SSSR count). The molecule has 0 radical (unpaired) electrons. The molecule has 1 atom stereocenters. The first kappa shape index (κ1) is 7.27. The van der Waals surface area contributed by atoms with Crippen molar-refractivity contribution in [1.82, 2.24) is 0 Å². The van der Waals surface area contributed by atoms with Crippen molar-refractivity contribution in [1.29, 1.82) is 0 Å². The van der Waals surface area contributed by atoms with Crippen LogP contribution in [-0.2, 0) is 4.74 Å². The lowest BCUT2D eigenvalue weighted by molar-refractivity contribution is 0.185. The average Bonchev–Trinajstić information content (AvgIpc) is 1.68. The number of rotatable bonds is 3. The molecule has 0 aromatic heterocycles. The fourth-order valence-corrected chi connectivity index (χ4v) is 0.363. The van der Waals surface area contributed by atoms with Crippen LogP contribution < -0.4 is 0 Å². The normalized spacial score (nSPS) is 12.2. The summed E-state index contributed by atoms with van der Waals surface area (Å²) in [5.41, 5.74) is 7.87. The second-order valence-electron chi connectivity index (χ2n) is 1.51. The van der Waals surface area contributed by atoms with Crippen molar-refractivity contribution in [2.24, 2.45) is 5.11 Å². The fraction of sp³-hybridized carbons (Fsp3) is 1.00. The van der Waals surface area contributed by atoms with Crippen molar-refractivity contribution in [2.75, 3.05) is 13.7 Å². The summed E-state index contributed by atoms with van der Waals surface area (Å²) in [6.45, 7) is 2.28. The van der Waals surface area contributed by atoms with E-state index in [2.05, 4.69) is 10.0 Å². The van der Waals surface area contributed by atoms with E-state index in [1.165, 1.54) is 0 Å². The minimum absolute atomic E-state index is 0.0509. The molecule has 0 bridgehead atoms. The van der Waals surface area contributed by atoms with Crippen LogP contribution in [0.5, 0.6) is 0 Å². The Morgan fingerprint density at radius 2 is 2.50 bits per heavy atom. The molecule has 0 saturated carbocycles. The molecule has 0 fully saturated rings. The highest BCUT2D eigenvalue weighted by molar-refractivity contribution is 4.57. The van der Waals surface area contributed by atoms with E-state index in [1.807, 2.05) is 0 Å². The first-order chi connectivity index (χ1) is 3.81. The van der Waals surface area contributed by atoms with Crippen molar-refractivity contribution >= 4 is 0 Å². The molecule has 0 N–H and O–H groups in total. The summed E-state index contributed by atoms with van der Waals surface area (Å²) >= 11 is 0. The molecule has 0 aliphatic heterocycles. The largest absolute Gasteiger partial charge is 0.384 e. The maximum absolute atomic E-state index is 7.87. The van der Waals surface area contributed by atoms with Crippen LogP contribution >= 0.6 is 0 Å². The Labute approximate surface area is 48.1 Å². The molecule has 0 aliphatic carbocycles. The third-order valence-electron chi connectivity index (χ3n) is 0.657. The fourth-order valence-electron chi connectivity index (χ4n) is 0.363. The van der Waals surface area contributed by atoms with Gasteiger partial charge in [0.15, 0.2) is 0 Å². The maximum Gasteiger partial charge on any atom is 0.0579 e. The molecule has 0 aromatic rings. The molecule has 0 aromatic carbocycles. The van der Waals surface area contributed by atoms with Crippen LogP contribution in [0.15, 0.2) is 5.11 Å². The molecule has 0 aliphatic rings. The number of nitrogens with zero attached hydrogens (tertiary/aromatic N) is 3. The van der Waals surface area contributed by atoms with E-state index < -0.39 is 0 Å². The summed E-state index contributed by atoms with van der Waals surface area (Å²) in [6.07, 6.45) is 0. The predicted octanol–water partition coefficient (Wildman–Crippen LogP) is 1.33. The first-order valence-corrected chi connectivity index (χ1v) is 2.34. The van der Waals surface area contributed by atoms with Gasteiger partial charge in [-0.2, -0.15) is 0 Å². The van der Waals surface area contributed by atoms with Crippen molar-refractivity contribution in [3.63, 3.8) is 0 Å². The van der Waals surface area contributed by atoms with Gasteiger partial charge in [0.05, 0.1) is 12.6 Å². The summed E-state index contributed by atoms with van der Waals surface area (Å²) in [5.74, 6) is 0. The van der Waals surface area contributed by atoms with E-state index in [9.17, 15) is 0 Å². The number of azide groups is 1. The molecule has 0 amide bonds. The monoisotopic (exact) mass is 115 g/mol. The van der Waals surface area contributed by atoms with Gasteiger partial charge in [-0.1, -0.05) is 12.0 Å². The van der Waals surface area contributed by atoms with Gasteiger partial charge in [-0.05, 0) is 5.53 Å². The number of hydrogen-bond acceptors (Lipinski definition) is 2. The third kappa shape index (κ3) is 3.46. The summed E-state index contributed by atoms with van der Waals surface area (Å²) in [5, 5.41) is 3.37. The molecule has 4 nitrogen and oxygen atoms in total. The Kier molecular flexibility index (Phi) is 4.03. The SMILES string of the molecule is COC[C@H](C)N=[N+]=[N-]. The number of hydrogen-bond donors (Lipinski definition) is 0. The van der Waals surface area contributed by atoms with E-state index in [0.29, 0.717) is 6.61 Å². The highest BCUT2D eigenvalue weighted by Gasteiger charge is 1.92. The maximum atomic E-state index is 7.87. The van der Waals surface area contributed by atoms with Gasteiger partial charge < -0.3 is 4.74 Å². The van der Waals surface area contributed by atoms with Gasteiger partial charge >= 0.3 is 0 Å². The topological polar surface area (TPSA) is 58.0 Å². The lowest BCUT2D eigenvalue weighted by atomic mass is 10.4. The molecular formula is C4H9N3O. The van der Waals surface area contributed by atoms with Gasteiger partial charge in [0.2, 0.25) is 0 Å². The smallest absolute Gasteiger partial charge is 0.0579 e. The summed E-state index contributed by atoms with van der Waals surface area (Å²) in [6, 6.07) is -0.0509. The second-order valence-corrected chi connectivity index (χ2v) is 1.51. The number of ether oxygens (including phenoxy) is 1. The minimum atomic E-state index is -0.0509. The summed E-state index contributed by atoms with van der Waals surface area (Å²) in [7, 11) is 1.57. The lowest BCUT2D eigenvalue weighted by Gasteiger charge is -1.98.